The summed E-state index contributed by atoms with van der Waals surface area (Å²) in [5.41, 5.74) is 1.88. The van der Waals surface area contributed by atoms with Crippen LogP contribution in [0.1, 0.15) is 12.0 Å². The van der Waals surface area contributed by atoms with Crippen LogP contribution in [-0.4, -0.2) is 30.1 Å². The lowest BCUT2D eigenvalue weighted by Gasteiger charge is -2.21. The summed E-state index contributed by atoms with van der Waals surface area (Å²) < 4.78 is 5.56. The van der Waals surface area contributed by atoms with Gasteiger partial charge in [0.05, 0.1) is 25.3 Å². The molecule has 124 valence electrons. The summed E-state index contributed by atoms with van der Waals surface area (Å²) in [7, 11) is 0. The van der Waals surface area contributed by atoms with Crippen molar-refractivity contribution >= 4 is 23.2 Å². The number of hydrogen-bond acceptors (Lipinski definition) is 4. The lowest BCUT2D eigenvalue weighted by atomic mass is 10.2. The van der Waals surface area contributed by atoms with Crippen LogP contribution >= 0.6 is 0 Å². The van der Waals surface area contributed by atoms with Gasteiger partial charge >= 0.3 is 0 Å². The van der Waals surface area contributed by atoms with Crippen LogP contribution in [0.25, 0.3) is 0 Å². The summed E-state index contributed by atoms with van der Waals surface area (Å²) in [4.78, 5) is 26.1. The van der Waals surface area contributed by atoms with Gasteiger partial charge in [-0.3, -0.25) is 14.5 Å². The van der Waals surface area contributed by atoms with E-state index in [1.165, 1.54) is 4.90 Å². The molecular weight excluding hydrogens is 308 g/mol. The van der Waals surface area contributed by atoms with Crippen molar-refractivity contribution in [1.29, 1.82) is 0 Å². The molecule has 0 bridgehead atoms. The van der Waals surface area contributed by atoms with Gasteiger partial charge in [0.1, 0.15) is 12.3 Å². The van der Waals surface area contributed by atoms with Crippen molar-refractivity contribution in [2.45, 2.75) is 13.0 Å². The number of nitrogens with zero attached hydrogens (tertiary/aromatic N) is 1. The molecule has 0 fully saturated rings. The average Bonchev–Trinajstić information content (AvgIpc) is 2.74. The number of nitrogens with one attached hydrogen (secondary N) is 1. The quantitative estimate of drug-likeness (QED) is 0.900. The summed E-state index contributed by atoms with van der Waals surface area (Å²) in [5.74, 6) is 0.132. The van der Waals surface area contributed by atoms with E-state index in [9.17, 15) is 9.59 Å². The highest BCUT2D eigenvalue weighted by Crippen LogP contribution is 2.30. The number of hydrogen-bond donors (Lipinski definition) is 2. The summed E-state index contributed by atoms with van der Waals surface area (Å²) >= 11 is 0. The number of aliphatic hydroxyl groups is 1. The predicted octanol–water partition coefficient (Wildman–Crippen LogP) is 1.93. The van der Waals surface area contributed by atoms with Crippen molar-refractivity contribution in [1.82, 2.24) is 0 Å². The predicted molar refractivity (Wildman–Crippen MR) is 89.9 cm³/mol. The number of carbonyl (C=O) groups excluding carboxylic acids is 2. The SMILES string of the molecule is O=C(CN1C(=O)CCOc2ccccc21)Nc1cccc(CO)c1. The Balaban J connectivity index is 1.76. The van der Waals surface area contributed by atoms with Crippen molar-refractivity contribution in [3.05, 3.63) is 54.1 Å². The Bertz CT molecular complexity index is 760. The first kappa shape index (κ1) is 16.0. The van der Waals surface area contributed by atoms with Crippen molar-refractivity contribution in [3.63, 3.8) is 0 Å². The molecule has 2 aromatic rings. The van der Waals surface area contributed by atoms with Crippen LogP contribution in [0.5, 0.6) is 5.75 Å². The maximum Gasteiger partial charge on any atom is 0.244 e. The zero-order chi connectivity index (χ0) is 16.9. The second-order valence-electron chi connectivity index (χ2n) is 5.45. The number of para-hydroxylation sites is 2. The zero-order valence-electron chi connectivity index (χ0n) is 13.1. The standard InChI is InChI=1S/C18H18N2O4/c21-12-13-4-3-5-14(10-13)19-17(22)11-20-15-6-1-2-7-16(15)24-9-8-18(20)23/h1-7,10,21H,8-9,11-12H2,(H,19,22). The summed E-state index contributed by atoms with van der Waals surface area (Å²) in [6.45, 7) is 0.105. The number of aliphatic hydroxyl groups excluding tert-OH is 1. The summed E-state index contributed by atoms with van der Waals surface area (Å²) in [6.07, 6.45) is 0.224. The normalized spacial score (nSPS) is 13.7. The monoisotopic (exact) mass is 326 g/mol. The molecule has 0 radical (unpaired) electrons. The molecule has 0 unspecified atom stereocenters. The minimum atomic E-state index is -0.310. The lowest BCUT2D eigenvalue weighted by Crippen LogP contribution is -2.37. The average molecular weight is 326 g/mol. The number of benzene rings is 2. The molecule has 1 aliphatic heterocycles. The highest BCUT2D eigenvalue weighted by atomic mass is 16.5. The first-order valence-electron chi connectivity index (χ1n) is 7.69. The summed E-state index contributed by atoms with van der Waals surface area (Å²) in [6, 6.07) is 14.1. The van der Waals surface area contributed by atoms with Crippen LogP contribution in [0.4, 0.5) is 11.4 Å². The molecule has 6 heteroatoms. The molecule has 24 heavy (non-hydrogen) atoms. The van der Waals surface area contributed by atoms with Gasteiger partial charge in [-0.25, -0.2) is 0 Å². The Morgan fingerprint density at radius 1 is 1.21 bits per heavy atom. The number of anilines is 2. The van der Waals surface area contributed by atoms with Gasteiger partial charge in [0.25, 0.3) is 0 Å². The van der Waals surface area contributed by atoms with E-state index in [0.29, 0.717) is 29.3 Å². The smallest absolute Gasteiger partial charge is 0.244 e. The molecule has 0 aliphatic carbocycles. The van der Waals surface area contributed by atoms with Gasteiger partial charge in [-0.15, -0.1) is 0 Å². The van der Waals surface area contributed by atoms with Crippen molar-refractivity contribution < 1.29 is 19.4 Å². The molecule has 2 aromatic carbocycles. The summed E-state index contributed by atoms with van der Waals surface area (Å²) in [5, 5.41) is 11.9. The van der Waals surface area contributed by atoms with Crippen LogP contribution in [0, 0.1) is 0 Å². The molecule has 1 heterocycles. The number of ether oxygens (including phenoxy) is 1. The Hall–Kier alpha value is -2.86. The van der Waals surface area contributed by atoms with Gasteiger partial charge in [-0.1, -0.05) is 24.3 Å². The lowest BCUT2D eigenvalue weighted by molar-refractivity contribution is -0.121. The Kier molecular flexibility index (Phi) is 4.77. The number of carbonyl (C=O) groups is 2. The van der Waals surface area contributed by atoms with Gasteiger partial charge in [0, 0.05) is 5.69 Å². The Labute approximate surface area is 139 Å². The molecule has 2 amide bonds. The van der Waals surface area contributed by atoms with Gasteiger partial charge in [-0.2, -0.15) is 0 Å². The van der Waals surface area contributed by atoms with Gasteiger partial charge in [-0.05, 0) is 29.8 Å². The fourth-order valence-electron chi connectivity index (χ4n) is 2.58. The van der Waals surface area contributed by atoms with Crippen LogP contribution in [0.15, 0.2) is 48.5 Å². The largest absolute Gasteiger partial charge is 0.491 e. The Morgan fingerprint density at radius 3 is 2.88 bits per heavy atom. The van der Waals surface area contributed by atoms with E-state index >= 15 is 0 Å². The highest BCUT2D eigenvalue weighted by Gasteiger charge is 2.24. The number of rotatable bonds is 4. The number of amides is 2. The van der Waals surface area contributed by atoms with Crippen LogP contribution in [0.2, 0.25) is 0 Å². The topological polar surface area (TPSA) is 78.9 Å². The van der Waals surface area contributed by atoms with Gasteiger partial charge < -0.3 is 15.2 Å². The van der Waals surface area contributed by atoms with Crippen LogP contribution in [0.3, 0.4) is 0 Å². The maximum atomic E-state index is 12.3. The Morgan fingerprint density at radius 2 is 2.04 bits per heavy atom. The molecule has 0 aromatic heterocycles. The van der Waals surface area contributed by atoms with E-state index in [-0.39, 0.29) is 31.4 Å². The van der Waals surface area contributed by atoms with Crippen molar-refractivity contribution in [3.8, 4) is 5.75 Å². The molecule has 1 aliphatic rings. The van der Waals surface area contributed by atoms with Crippen molar-refractivity contribution in [2.75, 3.05) is 23.4 Å². The third kappa shape index (κ3) is 3.55. The fraction of sp³-hybridized carbons (Fsp3) is 0.222. The van der Waals surface area contributed by atoms with Crippen LogP contribution in [-0.2, 0) is 16.2 Å². The third-order valence-electron chi connectivity index (χ3n) is 3.73. The second kappa shape index (κ2) is 7.14. The van der Waals surface area contributed by atoms with E-state index in [1.54, 1.807) is 42.5 Å². The zero-order valence-corrected chi connectivity index (χ0v) is 13.1. The van der Waals surface area contributed by atoms with E-state index < -0.39 is 0 Å². The third-order valence-corrected chi connectivity index (χ3v) is 3.73. The van der Waals surface area contributed by atoms with E-state index in [1.807, 2.05) is 6.07 Å². The fourth-order valence-corrected chi connectivity index (χ4v) is 2.58. The van der Waals surface area contributed by atoms with Crippen molar-refractivity contribution in [2.24, 2.45) is 0 Å². The van der Waals surface area contributed by atoms with Gasteiger partial charge in [0.15, 0.2) is 0 Å². The molecule has 0 spiro atoms. The van der Waals surface area contributed by atoms with E-state index in [4.69, 9.17) is 9.84 Å². The van der Waals surface area contributed by atoms with E-state index in [0.717, 1.165) is 0 Å². The first-order chi connectivity index (χ1) is 11.7. The van der Waals surface area contributed by atoms with Crippen LogP contribution < -0.4 is 15.0 Å². The molecule has 0 atom stereocenters. The van der Waals surface area contributed by atoms with E-state index in [2.05, 4.69) is 5.32 Å². The minimum absolute atomic E-state index is 0.0947. The molecular formula is C18H18N2O4. The van der Waals surface area contributed by atoms with Gasteiger partial charge in [0.2, 0.25) is 11.8 Å². The first-order valence-corrected chi connectivity index (χ1v) is 7.69. The molecule has 3 rings (SSSR count). The molecule has 6 nitrogen and oxygen atoms in total. The highest BCUT2D eigenvalue weighted by molar-refractivity contribution is 6.03. The maximum absolute atomic E-state index is 12.3. The molecule has 0 saturated carbocycles. The molecule has 0 saturated heterocycles. The second-order valence-corrected chi connectivity index (χ2v) is 5.45. The molecule has 2 N–H and O–H groups in total. The minimum Gasteiger partial charge on any atom is -0.491 e. The number of fused-ring (bicyclic) bond motifs is 1.